The standard InChI is InChI=1S/C30H29NO6/c1-20-28(30(33)36-4)25(29(32)31(20)18-21-10-13-24(34-2)14-11-21)16-23-12-15-26(27(17-23)35-3)37-19-22-8-6-5-7-9-22/h5-17H,18-19H2,1-4H3/b25-16-. The summed E-state index contributed by atoms with van der Waals surface area (Å²) in [7, 11) is 4.46. The fraction of sp³-hybridized carbons (Fsp3) is 0.200. The van der Waals surface area contributed by atoms with Crippen LogP contribution in [0.3, 0.4) is 0 Å². The predicted octanol–water partition coefficient (Wildman–Crippen LogP) is 5.16. The highest BCUT2D eigenvalue weighted by Gasteiger charge is 2.37. The molecule has 7 nitrogen and oxygen atoms in total. The van der Waals surface area contributed by atoms with Crippen LogP contribution in [-0.4, -0.2) is 38.1 Å². The Labute approximate surface area is 216 Å². The molecule has 0 saturated carbocycles. The summed E-state index contributed by atoms with van der Waals surface area (Å²) >= 11 is 0. The van der Waals surface area contributed by atoms with Gasteiger partial charge >= 0.3 is 5.97 Å². The van der Waals surface area contributed by atoms with E-state index < -0.39 is 5.97 Å². The molecule has 3 aromatic rings. The Hall–Kier alpha value is -4.52. The minimum Gasteiger partial charge on any atom is -0.497 e. The maximum Gasteiger partial charge on any atom is 0.340 e. The van der Waals surface area contributed by atoms with Crippen LogP contribution in [0.4, 0.5) is 0 Å². The van der Waals surface area contributed by atoms with Crippen LogP contribution in [0.2, 0.25) is 0 Å². The van der Waals surface area contributed by atoms with E-state index in [4.69, 9.17) is 18.9 Å². The lowest BCUT2D eigenvalue weighted by atomic mass is 10.0. The van der Waals surface area contributed by atoms with Crippen molar-refractivity contribution in [3.63, 3.8) is 0 Å². The van der Waals surface area contributed by atoms with Crippen LogP contribution in [0, 0.1) is 0 Å². The lowest BCUT2D eigenvalue weighted by molar-refractivity contribution is -0.136. The monoisotopic (exact) mass is 499 g/mol. The molecule has 0 atom stereocenters. The minimum absolute atomic E-state index is 0.240. The van der Waals surface area contributed by atoms with E-state index in [1.54, 1.807) is 44.3 Å². The van der Waals surface area contributed by atoms with Crippen LogP contribution in [0.25, 0.3) is 6.08 Å². The van der Waals surface area contributed by atoms with Crippen molar-refractivity contribution in [3.8, 4) is 17.2 Å². The third kappa shape index (κ3) is 5.67. The molecule has 3 aromatic carbocycles. The summed E-state index contributed by atoms with van der Waals surface area (Å²) in [4.78, 5) is 27.8. The molecule has 0 bridgehead atoms. The van der Waals surface area contributed by atoms with Crippen molar-refractivity contribution in [2.24, 2.45) is 0 Å². The van der Waals surface area contributed by atoms with Crippen LogP contribution < -0.4 is 14.2 Å². The number of benzene rings is 3. The van der Waals surface area contributed by atoms with Gasteiger partial charge in [-0.1, -0.05) is 48.5 Å². The highest BCUT2D eigenvalue weighted by atomic mass is 16.5. The van der Waals surface area contributed by atoms with Crippen LogP contribution in [0.5, 0.6) is 17.2 Å². The van der Waals surface area contributed by atoms with Crippen molar-refractivity contribution in [2.75, 3.05) is 21.3 Å². The first-order chi connectivity index (χ1) is 17.9. The molecule has 37 heavy (non-hydrogen) atoms. The molecule has 190 valence electrons. The van der Waals surface area contributed by atoms with Crippen LogP contribution >= 0.6 is 0 Å². The molecule has 0 aromatic heterocycles. The van der Waals surface area contributed by atoms with E-state index in [0.29, 0.717) is 35.9 Å². The Morgan fingerprint density at radius 1 is 0.865 bits per heavy atom. The number of hydrogen-bond donors (Lipinski definition) is 0. The largest absolute Gasteiger partial charge is 0.497 e. The first-order valence-electron chi connectivity index (χ1n) is 11.8. The molecule has 0 fully saturated rings. The minimum atomic E-state index is -0.566. The fourth-order valence-corrected chi connectivity index (χ4v) is 4.13. The number of ether oxygens (including phenoxy) is 4. The third-order valence-electron chi connectivity index (χ3n) is 6.14. The van der Waals surface area contributed by atoms with Gasteiger partial charge in [0.2, 0.25) is 0 Å². The molecule has 0 unspecified atom stereocenters. The molecule has 1 aliphatic heterocycles. The van der Waals surface area contributed by atoms with E-state index in [2.05, 4.69) is 0 Å². The first-order valence-corrected chi connectivity index (χ1v) is 11.8. The molecule has 0 saturated heterocycles. The van der Waals surface area contributed by atoms with Gasteiger partial charge in [-0.3, -0.25) is 4.79 Å². The highest BCUT2D eigenvalue weighted by molar-refractivity contribution is 6.16. The van der Waals surface area contributed by atoms with E-state index >= 15 is 0 Å². The predicted molar refractivity (Wildman–Crippen MR) is 140 cm³/mol. The number of allylic oxidation sites excluding steroid dienone is 1. The van der Waals surface area contributed by atoms with Gasteiger partial charge in [-0.15, -0.1) is 0 Å². The molecular weight excluding hydrogens is 470 g/mol. The number of carbonyl (C=O) groups excluding carboxylic acids is 2. The van der Waals surface area contributed by atoms with Gasteiger partial charge < -0.3 is 23.8 Å². The normalized spacial score (nSPS) is 14.2. The zero-order valence-corrected chi connectivity index (χ0v) is 21.3. The molecule has 7 heteroatoms. The van der Waals surface area contributed by atoms with Gasteiger partial charge in [0.05, 0.1) is 39.0 Å². The van der Waals surface area contributed by atoms with E-state index in [1.165, 1.54) is 7.11 Å². The number of esters is 1. The van der Waals surface area contributed by atoms with Crippen molar-refractivity contribution >= 4 is 18.0 Å². The Morgan fingerprint density at radius 3 is 2.24 bits per heavy atom. The maximum atomic E-state index is 13.5. The van der Waals surface area contributed by atoms with Gasteiger partial charge in [0.15, 0.2) is 11.5 Å². The molecule has 0 spiro atoms. The van der Waals surface area contributed by atoms with Crippen molar-refractivity contribution in [1.82, 2.24) is 4.90 Å². The fourth-order valence-electron chi connectivity index (χ4n) is 4.13. The van der Waals surface area contributed by atoms with E-state index in [1.807, 2.05) is 60.7 Å². The summed E-state index contributed by atoms with van der Waals surface area (Å²) < 4.78 is 21.7. The van der Waals surface area contributed by atoms with Gasteiger partial charge in [-0.2, -0.15) is 0 Å². The van der Waals surface area contributed by atoms with Crippen LogP contribution in [0.15, 0.2) is 89.6 Å². The van der Waals surface area contributed by atoms with Crippen molar-refractivity contribution in [2.45, 2.75) is 20.1 Å². The second kappa shape index (κ2) is 11.5. The summed E-state index contributed by atoms with van der Waals surface area (Å²) in [6, 6.07) is 22.7. The molecule has 1 aliphatic rings. The third-order valence-corrected chi connectivity index (χ3v) is 6.14. The average molecular weight is 500 g/mol. The van der Waals surface area contributed by atoms with Crippen LogP contribution in [-0.2, 0) is 27.5 Å². The summed E-state index contributed by atoms with van der Waals surface area (Å²) in [6.07, 6.45) is 1.68. The lowest BCUT2D eigenvalue weighted by Gasteiger charge is -2.18. The van der Waals surface area contributed by atoms with Crippen molar-refractivity contribution in [1.29, 1.82) is 0 Å². The number of rotatable bonds is 9. The van der Waals surface area contributed by atoms with Gasteiger partial charge in [-0.05, 0) is 54.0 Å². The summed E-state index contributed by atoms with van der Waals surface area (Å²) in [6.45, 7) is 2.45. The molecule has 0 radical (unpaired) electrons. The average Bonchev–Trinajstić information content (AvgIpc) is 3.16. The second-order valence-electron chi connectivity index (χ2n) is 8.43. The Morgan fingerprint density at radius 2 is 1.59 bits per heavy atom. The number of nitrogens with zero attached hydrogens (tertiary/aromatic N) is 1. The van der Waals surface area contributed by atoms with Crippen molar-refractivity contribution in [3.05, 3.63) is 106 Å². The molecule has 1 amide bonds. The Kier molecular flexibility index (Phi) is 7.93. The molecular formula is C30H29NO6. The maximum absolute atomic E-state index is 13.5. The van der Waals surface area contributed by atoms with Gasteiger partial charge in [0, 0.05) is 5.70 Å². The highest BCUT2D eigenvalue weighted by Crippen LogP contribution is 2.35. The van der Waals surface area contributed by atoms with Gasteiger partial charge in [0.25, 0.3) is 5.91 Å². The summed E-state index contributed by atoms with van der Waals surface area (Å²) in [5.74, 6) is 0.976. The van der Waals surface area contributed by atoms with E-state index in [0.717, 1.165) is 16.9 Å². The number of hydrogen-bond acceptors (Lipinski definition) is 6. The zero-order valence-electron chi connectivity index (χ0n) is 21.3. The van der Waals surface area contributed by atoms with Crippen LogP contribution in [0.1, 0.15) is 23.6 Å². The first kappa shape index (κ1) is 25.6. The zero-order chi connectivity index (χ0) is 26.4. The smallest absolute Gasteiger partial charge is 0.340 e. The topological polar surface area (TPSA) is 74.3 Å². The Bertz CT molecular complexity index is 1340. The second-order valence-corrected chi connectivity index (χ2v) is 8.43. The lowest BCUT2D eigenvalue weighted by Crippen LogP contribution is -2.24. The Balaban J connectivity index is 1.62. The SMILES string of the molecule is COC(=O)C1=C(C)N(Cc2ccc(OC)cc2)C(=O)/C1=C\c1ccc(OCc2ccccc2)c(OC)c1. The number of carbonyl (C=O) groups is 2. The molecule has 0 aliphatic carbocycles. The van der Waals surface area contributed by atoms with Gasteiger partial charge in [-0.25, -0.2) is 4.79 Å². The molecule has 0 N–H and O–H groups in total. The quantitative estimate of drug-likeness (QED) is 0.299. The summed E-state index contributed by atoms with van der Waals surface area (Å²) in [5, 5.41) is 0. The molecule has 1 heterocycles. The number of methoxy groups -OCH3 is 3. The van der Waals surface area contributed by atoms with E-state index in [9.17, 15) is 9.59 Å². The van der Waals surface area contributed by atoms with Crippen molar-refractivity contribution < 1.29 is 28.5 Å². The van der Waals surface area contributed by atoms with E-state index in [-0.39, 0.29) is 17.1 Å². The van der Waals surface area contributed by atoms with Gasteiger partial charge in [0.1, 0.15) is 12.4 Å². The summed E-state index contributed by atoms with van der Waals surface area (Å²) in [5.41, 5.74) is 3.66. The number of amides is 1. The molecule has 4 rings (SSSR count).